The van der Waals surface area contributed by atoms with Gasteiger partial charge in [-0.3, -0.25) is 4.79 Å². The summed E-state index contributed by atoms with van der Waals surface area (Å²) in [5, 5.41) is 6.62. The van der Waals surface area contributed by atoms with Crippen molar-refractivity contribution < 1.29 is 4.79 Å². The lowest BCUT2D eigenvalue weighted by Gasteiger charge is -2.16. The zero-order valence-corrected chi connectivity index (χ0v) is 17.0. The molecule has 0 radical (unpaired) electrons. The minimum Gasteiger partial charge on any atom is -0.322 e. The van der Waals surface area contributed by atoms with Crippen molar-refractivity contribution in [3.8, 4) is 0 Å². The molecule has 6 heteroatoms. The SMILES string of the molecule is C1CCNC1.O=C(Nc1ccc(S)c(Cl)c1)c1ccc2c(c1)CCCS2. The van der Waals surface area contributed by atoms with Gasteiger partial charge < -0.3 is 10.6 Å². The molecule has 0 saturated carbocycles. The Morgan fingerprint density at radius 1 is 1.12 bits per heavy atom. The van der Waals surface area contributed by atoms with Crippen molar-refractivity contribution >= 4 is 47.6 Å². The summed E-state index contributed by atoms with van der Waals surface area (Å²) in [6.07, 6.45) is 4.99. The first-order valence-electron chi connectivity index (χ1n) is 8.90. The molecule has 1 fully saturated rings. The van der Waals surface area contributed by atoms with E-state index in [1.54, 1.807) is 18.2 Å². The first kappa shape index (κ1) is 19.6. The van der Waals surface area contributed by atoms with Gasteiger partial charge >= 0.3 is 0 Å². The molecular weight excluding hydrogens is 384 g/mol. The highest BCUT2D eigenvalue weighted by molar-refractivity contribution is 7.99. The molecule has 1 saturated heterocycles. The van der Waals surface area contributed by atoms with Crippen LogP contribution in [0.2, 0.25) is 5.02 Å². The van der Waals surface area contributed by atoms with Crippen molar-refractivity contribution in [1.82, 2.24) is 5.32 Å². The quantitative estimate of drug-likeness (QED) is 0.593. The number of halogens is 1. The van der Waals surface area contributed by atoms with E-state index in [0.717, 1.165) is 12.2 Å². The third-order valence-corrected chi connectivity index (χ3v) is 6.37. The van der Waals surface area contributed by atoms with Gasteiger partial charge in [0.15, 0.2) is 0 Å². The number of hydrogen-bond acceptors (Lipinski definition) is 4. The van der Waals surface area contributed by atoms with Gasteiger partial charge in [0.05, 0.1) is 5.02 Å². The smallest absolute Gasteiger partial charge is 0.255 e. The lowest BCUT2D eigenvalue weighted by atomic mass is 10.1. The lowest BCUT2D eigenvalue weighted by Crippen LogP contribution is -2.13. The van der Waals surface area contributed by atoms with E-state index < -0.39 is 0 Å². The molecule has 2 N–H and O–H groups in total. The number of fused-ring (bicyclic) bond motifs is 1. The maximum Gasteiger partial charge on any atom is 0.255 e. The van der Waals surface area contributed by atoms with Gasteiger partial charge in [0.1, 0.15) is 0 Å². The average molecular weight is 407 g/mol. The highest BCUT2D eigenvalue weighted by atomic mass is 35.5. The molecule has 0 atom stereocenters. The second kappa shape index (κ2) is 9.70. The summed E-state index contributed by atoms with van der Waals surface area (Å²) >= 11 is 12.1. The fourth-order valence-corrected chi connectivity index (χ4v) is 4.25. The molecule has 3 nitrogen and oxygen atoms in total. The monoisotopic (exact) mass is 406 g/mol. The number of hydrogen-bond donors (Lipinski definition) is 3. The van der Waals surface area contributed by atoms with Crippen molar-refractivity contribution in [2.24, 2.45) is 0 Å². The zero-order chi connectivity index (χ0) is 18.4. The van der Waals surface area contributed by atoms with Crippen molar-refractivity contribution in [3.63, 3.8) is 0 Å². The Hall–Kier alpha value is -1.14. The number of anilines is 1. The number of rotatable bonds is 2. The number of thioether (sulfide) groups is 1. The van der Waals surface area contributed by atoms with Crippen molar-refractivity contribution in [1.29, 1.82) is 0 Å². The maximum absolute atomic E-state index is 12.3. The number of aryl methyl sites for hydroxylation is 1. The maximum atomic E-state index is 12.3. The number of nitrogens with one attached hydrogen (secondary N) is 2. The summed E-state index contributed by atoms with van der Waals surface area (Å²) in [5.41, 5.74) is 2.62. The number of carbonyl (C=O) groups excluding carboxylic acids is 1. The van der Waals surface area contributed by atoms with Crippen LogP contribution < -0.4 is 10.6 Å². The summed E-state index contributed by atoms with van der Waals surface area (Å²) in [4.78, 5) is 14.3. The third-order valence-electron chi connectivity index (χ3n) is 4.33. The number of carbonyl (C=O) groups is 1. The van der Waals surface area contributed by atoms with Crippen LogP contribution in [0.3, 0.4) is 0 Å². The topological polar surface area (TPSA) is 41.1 Å². The second-order valence-corrected chi connectivity index (χ2v) is 8.38. The van der Waals surface area contributed by atoms with E-state index >= 15 is 0 Å². The van der Waals surface area contributed by atoms with Crippen LogP contribution in [0.4, 0.5) is 5.69 Å². The lowest BCUT2D eigenvalue weighted by molar-refractivity contribution is 0.102. The van der Waals surface area contributed by atoms with E-state index in [-0.39, 0.29) is 5.91 Å². The average Bonchev–Trinajstić information content (AvgIpc) is 3.24. The summed E-state index contributed by atoms with van der Waals surface area (Å²) in [6.45, 7) is 2.50. The fraction of sp³-hybridized carbons (Fsp3) is 0.350. The van der Waals surface area contributed by atoms with Crippen LogP contribution in [-0.4, -0.2) is 24.7 Å². The van der Waals surface area contributed by atoms with Gasteiger partial charge in [0, 0.05) is 21.0 Å². The summed E-state index contributed by atoms with van der Waals surface area (Å²) in [5.74, 6) is 1.05. The Bertz CT molecular complexity index is 771. The van der Waals surface area contributed by atoms with Crippen LogP contribution in [0.1, 0.15) is 35.2 Å². The van der Waals surface area contributed by atoms with Crippen LogP contribution in [0.5, 0.6) is 0 Å². The molecule has 2 heterocycles. The third kappa shape index (κ3) is 5.43. The number of benzene rings is 2. The minimum absolute atomic E-state index is 0.114. The Kier molecular flexibility index (Phi) is 7.32. The highest BCUT2D eigenvalue weighted by Gasteiger charge is 2.13. The minimum atomic E-state index is -0.114. The standard InChI is InChI=1S/C16H14ClNOS2.C4H9N/c17-13-9-12(4-5-14(13)20)18-16(19)11-3-6-15-10(8-11)2-1-7-21-15;1-2-4-5-3-1/h3-6,8-9,20H,1-2,7H2,(H,18,19);5H,1-4H2. The van der Waals surface area contributed by atoms with E-state index in [1.165, 1.54) is 42.8 Å². The summed E-state index contributed by atoms with van der Waals surface area (Å²) in [6, 6.07) is 11.2. The predicted octanol–water partition coefficient (Wildman–Crippen LogP) is 5.29. The number of thiol groups is 1. The molecule has 1 amide bonds. The fourth-order valence-electron chi connectivity index (χ4n) is 2.91. The Labute approximate surface area is 169 Å². The number of amides is 1. The molecule has 26 heavy (non-hydrogen) atoms. The predicted molar refractivity (Wildman–Crippen MR) is 114 cm³/mol. The van der Waals surface area contributed by atoms with E-state index in [1.807, 2.05) is 30.0 Å². The molecule has 2 aromatic carbocycles. The van der Waals surface area contributed by atoms with Crippen molar-refractivity contribution in [2.75, 3.05) is 24.2 Å². The van der Waals surface area contributed by atoms with E-state index in [0.29, 0.717) is 21.2 Å². The molecule has 0 aromatic heterocycles. The largest absolute Gasteiger partial charge is 0.322 e. The van der Waals surface area contributed by atoms with E-state index in [4.69, 9.17) is 11.6 Å². The van der Waals surface area contributed by atoms with Crippen LogP contribution in [-0.2, 0) is 6.42 Å². The molecular formula is C20H23ClN2OS2. The second-order valence-electron chi connectivity index (χ2n) is 6.35. The Balaban J connectivity index is 0.000000339. The van der Waals surface area contributed by atoms with Crippen LogP contribution in [0.15, 0.2) is 46.2 Å². The molecule has 2 aliphatic heterocycles. The van der Waals surface area contributed by atoms with Crippen LogP contribution in [0.25, 0.3) is 0 Å². The normalized spacial score (nSPS) is 15.6. The van der Waals surface area contributed by atoms with Gasteiger partial charge in [-0.05, 0) is 86.5 Å². The molecule has 0 unspecified atom stereocenters. The molecule has 4 rings (SSSR count). The summed E-state index contributed by atoms with van der Waals surface area (Å²) in [7, 11) is 0. The van der Waals surface area contributed by atoms with Gasteiger partial charge in [-0.25, -0.2) is 0 Å². The Morgan fingerprint density at radius 2 is 1.92 bits per heavy atom. The van der Waals surface area contributed by atoms with Crippen LogP contribution >= 0.6 is 36.0 Å². The highest BCUT2D eigenvalue weighted by Crippen LogP contribution is 2.31. The molecule has 2 aromatic rings. The van der Waals surface area contributed by atoms with Gasteiger partial charge in [-0.1, -0.05) is 11.6 Å². The first-order valence-corrected chi connectivity index (χ1v) is 10.7. The Morgan fingerprint density at radius 3 is 2.62 bits per heavy atom. The van der Waals surface area contributed by atoms with Gasteiger partial charge in [-0.2, -0.15) is 0 Å². The van der Waals surface area contributed by atoms with Gasteiger partial charge in [0.25, 0.3) is 5.91 Å². The van der Waals surface area contributed by atoms with E-state index in [9.17, 15) is 4.79 Å². The zero-order valence-electron chi connectivity index (χ0n) is 14.6. The first-order chi connectivity index (χ1) is 12.6. The summed E-state index contributed by atoms with van der Waals surface area (Å²) < 4.78 is 0. The molecule has 0 bridgehead atoms. The van der Waals surface area contributed by atoms with Crippen LogP contribution in [0, 0.1) is 0 Å². The van der Waals surface area contributed by atoms with Crippen molar-refractivity contribution in [2.45, 2.75) is 35.5 Å². The van der Waals surface area contributed by atoms with Gasteiger partial charge in [-0.15, -0.1) is 24.4 Å². The van der Waals surface area contributed by atoms with Gasteiger partial charge in [0.2, 0.25) is 0 Å². The van der Waals surface area contributed by atoms with E-state index in [2.05, 4.69) is 23.3 Å². The molecule has 0 aliphatic carbocycles. The molecule has 2 aliphatic rings. The molecule has 138 valence electrons. The van der Waals surface area contributed by atoms with Crippen molar-refractivity contribution in [3.05, 3.63) is 52.5 Å². The molecule has 0 spiro atoms.